The van der Waals surface area contributed by atoms with E-state index >= 15 is 0 Å². The van der Waals surface area contributed by atoms with Crippen LogP contribution in [0.2, 0.25) is 0 Å². The Morgan fingerprint density at radius 3 is 2.26 bits per heavy atom. The number of furan rings is 1. The van der Waals surface area contributed by atoms with E-state index in [1.54, 1.807) is 21.9 Å². The lowest BCUT2D eigenvalue weighted by molar-refractivity contribution is -0.132. The van der Waals surface area contributed by atoms with Crippen molar-refractivity contribution in [3.05, 3.63) is 54.0 Å². The molecule has 1 aromatic carbocycles. The summed E-state index contributed by atoms with van der Waals surface area (Å²) in [7, 11) is 0. The summed E-state index contributed by atoms with van der Waals surface area (Å²) in [5.41, 5.74) is 1.68. The first-order chi connectivity index (χ1) is 13.0. The Bertz CT molecular complexity index is 824. The summed E-state index contributed by atoms with van der Waals surface area (Å²) in [6.07, 6.45) is 1.47. The van der Waals surface area contributed by atoms with E-state index in [0.717, 1.165) is 11.3 Å². The number of carbonyl (C=O) groups is 3. The Kier molecular flexibility index (Phi) is 5.59. The van der Waals surface area contributed by atoms with Gasteiger partial charge in [0.1, 0.15) is 6.54 Å². The third kappa shape index (κ3) is 4.19. The van der Waals surface area contributed by atoms with Gasteiger partial charge in [-0.2, -0.15) is 0 Å². The number of para-hydroxylation sites is 1. The van der Waals surface area contributed by atoms with E-state index in [2.05, 4.69) is 0 Å². The Balaban J connectivity index is 1.61. The topological polar surface area (TPSA) is 74.1 Å². The van der Waals surface area contributed by atoms with Gasteiger partial charge in [-0.3, -0.25) is 14.4 Å². The zero-order valence-electron chi connectivity index (χ0n) is 15.6. The van der Waals surface area contributed by atoms with Gasteiger partial charge in [-0.15, -0.1) is 0 Å². The van der Waals surface area contributed by atoms with E-state index in [9.17, 15) is 14.4 Å². The number of piperazine rings is 1. The van der Waals surface area contributed by atoms with Crippen LogP contribution in [0, 0.1) is 6.92 Å². The van der Waals surface area contributed by atoms with Crippen LogP contribution in [0.5, 0.6) is 0 Å². The van der Waals surface area contributed by atoms with Crippen molar-refractivity contribution in [2.24, 2.45) is 0 Å². The predicted octanol–water partition coefficient (Wildman–Crippen LogP) is 1.93. The number of benzene rings is 1. The quantitative estimate of drug-likeness (QED) is 0.825. The van der Waals surface area contributed by atoms with Crippen LogP contribution in [-0.4, -0.2) is 60.2 Å². The smallest absolute Gasteiger partial charge is 0.289 e. The van der Waals surface area contributed by atoms with Crippen LogP contribution < -0.4 is 4.90 Å². The summed E-state index contributed by atoms with van der Waals surface area (Å²) in [6.45, 7) is 5.11. The van der Waals surface area contributed by atoms with Gasteiger partial charge >= 0.3 is 0 Å². The third-order valence-corrected chi connectivity index (χ3v) is 4.73. The van der Waals surface area contributed by atoms with Gasteiger partial charge in [0.2, 0.25) is 11.8 Å². The van der Waals surface area contributed by atoms with E-state index in [1.807, 2.05) is 31.2 Å². The van der Waals surface area contributed by atoms with Gasteiger partial charge < -0.3 is 19.1 Å². The molecule has 142 valence electrons. The second-order valence-corrected chi connectivity index (χ2v) is 6.54. The summed E-state index contributed by atoms with van der Waals surface area (Å²) in [6, 6.07) is 10.8. The molecular weight excluding hydrogens is 346 g/mol. The van der Waals surface area contributed by atoms with Crippen LogP contribution >= 0.6 is 0 Å². The fourth-order valence-corrected chi connectivity index (χ4v) is 3.18. The Morgan fingerprint density at radius 2 is 1.67 bits per heavy atom. The van der Waals surface area contributed by atoms with Crippen molar-refractivity contribution < 1.29 is 18.8 Å². The average molecular weight is 369 g/mol. The number of aryl methyl sites for hydroxylation is 1. The number of nitrogens with zero attached hydrogens (tertiary/aromatic N) is 3. The highest BCUT2D eigenvalue weighted by Gasteiger charge is 2.27. The van der Waals surface area contributed by atoms with E-state index in [1.165, 1.54) is 18.1 Å². The van der Waals surface area contributed by atoms with Gasteiger partial charge in [0.25, 0.3) is 5.91 Å². The van der Waals surface area contributed by atoms with Crippen molar-refractivity contribution in [1.29, 1.82) is 0 Å². The van der Waals surface area contributed by atoms with Gasteiger partial charge in [0, 0.05) is 38.8 Å². The van der Waals surface area contributed by atoms with Crippen LogP contribution in [0.15, 0.2) is 47.1 Å². The van der Waals surface area contributed by atoms with Crippen molar-refractivity contribution in [3.8, 4) is 0 Å². The summed E-state index contributed by atoms with van der Waals surface area (Å²) in [5, 5.41) is 0. The maximum atomic E-state index is 12.7. The van der Waals surface area contributed by atoms with Crippen molar-refractivity contribution in [1.82, 2.24) is 9.80 Å². The molecule has 0 atom stereocenters. The molecule has 2 heterocycles. The standard InChI is InChI=1S/C20H23N3O4/c1-15-6-3-4-7-17(15)23(16(2)24)14-19(25)21-9-11-22(12-10-21)20(26)18-8-5-13-27-18/h3-8,13H,9-12,14H2,1-2H3. The molecular formula is C20H23N3O4. The first-order valence-electron chi connectivity index (χ1n) is 8.91. The Hall–Kier alpha value is -3.09. The molecule has 0 aliphatic carbocycles. The van der Waals surface area contributed by atoms with Crippen molar-refractivity contribution in [2.45, 2.75) is 13.8 Å². The van der Waals surface area contributed by atoms with Crippen molar-refractivity contribution in [3.63, 3.8) is 0 Å². The molecule has 0 bridgehead atoms. The number of carbonyl (C=O) groups excluding carboxylic acids is 3. The largest absolute Gasteiger partial charge is 0.459 e. The minimum absolute atomic E-state index is 0.00762. The molecule has 3 rings (SSSR count). The van der Waals surface area contributed by atoms with E-state index in [0.29, 0.717) is 31.9 Å². The van der Waals surface area contributed by atoms with Gasteiger partial charge in [0.15, 0.2) is 5.76 Å². The lowest BCUT2D eigenvalue weighted by Gasteiger charge is -2.35. The molecule has 2 aromatic rings. The fraction of sp³-hybridized carbons (Fsp3) is 0.350. The highest BCUT2D eigenvalue weighted by atomic mass is 16.3. The monoisotopic (exact) mass is 369 g/mol. The van der Waals surface area contributed by atoms with Crippen LogP contribution in [-0.2, 0) is 9.59 Å². The lowest BCUT2D eigenvalue weighted by Crippen LogP contribution is -2.53. The molecule has 0 unspecified atom stereocenters. The maximum Gasteiger partial charge on any atom is 0.289 e. The Morgan fingerprint density at radius 1 is 1.00 bits per heavy atom. The van der Waals surface area contributed by atoms with Crippen molar-refractivity contribution >= 4 is 23.4 Å². The molecule has 27 heavy (non-hydrogen) atoms. The number of hydrogen-bond acceptors (Lipinski definition) is 4. The minimum Gasteiger partial charge on any atom is -0.459 e. The molecule has 1 saturated heterocycles. The van der Waals surface area contributed by atoms with E-state index < -0.39 is 0 Å². The molecule has 0 spiro atoms. The average Bonchev–Trinajstić information content (AvgIpc) is 3.21. The van der Waals surface area contributed by atoms with Crippen LogP contribution in [0.3, 0.4) is 0 Å². The molecule has 0 radical (unpaired) electrons. The highest BCUT2D eigenvalue weighted by Crippen LogP contribution is 2.20. The fourth-order valence-electron chi connectivity index (χ4n) is 3.18. The highest BCUT2D eigenvalue weighted by molar-refractivity contribution is 5.98. The zero-order valence-corrected chi connectivity index (χ0v) is 15.6. The normalized spacial score (nSPS) is 14.1. The predicted molar refractivity (Wildman–Crippen MR) is 100 cm³/mol. The summed E-state index contributed by atoms with van der Waals surface area (Å²) in [4.78, 5) is 42.0. The summed E-state index contributed by atoms with van der Waals surface area (Å²) >= 11 is 0. The van der Waals surface area contributed by atoms with Crippen LogP contribution in [0.25, 0.3) is 0 Å². The summed E-state index contributed by atoms with van der Waals surface area (Å²) in [5.74, 6) is -0.169. The number of amides is 3. The van der Waals surface area contributed by atoms with Gasteiger partial charge in [-0.25, -0.2) is 0 Å². The van der Waals surface area contributed by atoms with Gasteiger partial charge in [0.05, 0.1) is 6.26 Å². The van der Waals surface area contributed by atoms with Crippen LogP contribution in [0.1, 0.15) is 23.0 Å². The first-order valence-corrected chi connectivity index (χ1v) is 8.91. The molecule has 1 aliphatic rings. The third-order valence-electron chi connectivity index (χ3n) is 4.73. The first kappa shape index (κ1) is 18.7. The number of anilines is 1. The number of rotatable bonds is 4. The van der Waals surface area contributed by atoms with Crippen LogP contribution in [0.4, 0.5) is 5.69 Å². The molecule has 0 N–H and O–H groups in total. The second-order valence-electron chi connectivity index (χ2n) is 6.54. The molecule has 1 fully saturated rings. The molecule has 0 saturated carbocycles. The number of hydrogen-bond donors (Lipinski definition) is 0. The molecule has 1 aromatic heterocycles. The minimum atomic E-state index is -0.177. The van der Waals surface area contributed by atoms with E-state index in [-0.39, 0.29) is 24.3 Å². The van der Waals surface area contributed by atoms with E-state index in [4.69, 9.17) is 4.42 Å². The SMILES string of the molecule is CC(=O)N(CC(=O)N1CCN(C(=O)c2ccco2)CC1)c1ccccc1C. The molecule has 7 nitrogen and oxygen atoms in total. The lowest BCUT2D eigenvalue weighted by atomic mass is 10.1. The Labute approximate surface area is 158 Å². The second kappa shape index (κ2) is 8.07. The molecule has 7 heteroatoms. The maximum absolute atomic E-state index is 12.7. The van der Waals surface area contributed by atoms with Crippen molar-refractivity contribution in [2.75, 3.05) is 37.6 Å². The zero-order chi connectivity index (χ0) is 19.4. The van der Waals surface area contributed by atoms with Gasteiger partial charge in [-0.05, 0) is 30.7 Å². The molecule has 1 aliphatic heterocycles. The molecule has 3 amide bonds. The summed E-state index contributed by atoms with van der Waals surface area (Å²) < 4.78 is 5.15. The van der Waals surface area contributed by atoms with Gasteiger partial charge in [-0.1, -0.05) is 18.2 Å².